The number of Topliss-reactive ketones (excluding diaryl/α,β-unsaturated/α-hetero) is 1. The molecule has 0 bridgehead atoms. The summed E-state index contributed by atoms with van der Waals surface area (Å²) in [6, 6.07) is 7.86. The van der Waals surface area contributed by atoms with Gasteiger partial charge in [0.2, 0.25) is 0 Å². The molecule has 1 aromatic carbocycles. The van der Waals surface area contributed by atoms with Gasteiger partial charge in [-0.1, -0.05) is 17.7 Å². The van der Waals surface area contributed by atoms with Crippen molar-refractivity contribution in [2.75, 3.05) is 0 Å². The Labute approximate surface area is 116 Å². The van der Waals surface area contributed by atoms with Gasteiger partial charge in [-0.05, 0) is 25.1 Å². The number of benzene rings is 1. The Kier molecular flexibility index (Phi) is 2.05. The van der Waals surface area contributed by atoms with Gasteiger partial charge in [0.1, 0.15) is 6.07 Å². The van der Waals surface area contributed by atoms with Crippen molar-refractivity contribution in [2.24, 2.45) is 0 Å². The lowest BCUT2D eigenvalue weighted by atomic mass is 10.1. The molecule has 1 heterocycles. The second kappa shape index (κ2) is 5.03. The Bertz CT molecular complexity index is 807. The topological polar surface area (TPSA) is 58.7 Å². The van der Waals surface area contributed by atoms with Crippen molar-refractivity contribution < 1.29 is 11.6 Å². The molecule has 4 nitrogen and oxygen atoms in total. The lowest BCUT2D eigenvalue weighted by Crippen LogP contribution is -2.06. The minimum atomic E-state index is -3.08. The molecule has 5 heteroatoms. The molecule has 0 unspecified atom stereocenters. The first kappa shape index (κ1) is 7.34. The maximum Gasteiger partial charge on any atom is 0.151 e. The van der Waals surface area contributed by atoms with E-state index in [2.05, 4.69) is 5.10 Å². The number of ketones is 1. The van der Waals surface area contributed by atoms with E-state index in [4.69, 9.17) is 23.7 Å². The van der Waals surface area contributed by atoms with Crippen LogP contribution in [0.3, 0.4) is 0 Å². The zero-order valence-electron chi connectivity index (χ0n) is 14.0. The summed E-state index contributed by atoms with van der Waals surface area (Å²) in [6.07, 6.45) is 1.17. The number of halogens is 1. The molecule has 0 atom stereocenters. The molecule has 0 saturated carbocycles. The van der Waals surface area contributed by atoms with Crippen LogP contribution in [-0.2, 0) is 11.3 Å². The molecule has 0 fully saturated rings. The first-order chi connectivity index (χ1) is 10.6. The highest BCUT2D eigenvalue weighted by molar-refractivity contribution is 6.32. The molecular formula is C13H10ClN3O. The maximum absolute atomic E-state index is 11.7. The number of hydrogen-bond donors (Lipinski definition) is 0. The molecule has 90 valence electrons. The number of hydrogen-bond acceptors (Lipinski definition) is 3. The fraction of sp³-hybridized carbons (Fsp3) is 0.154. The second-order valence-corrected chi connectivity index (χ2v) is 3.80. The van der Waals surface area contributed by atoms with E-state index in [-0.39, 0.29) is 10.6 Å². The van der Waals surface area contributed by atoms with Gasteiger partial charge in [0, 0.05) is 15.9 Å². The lowest BCUT2D eigenvalue weighted by molar-refractivity contribution is -0.117. The first-order valence-corrected chi connectivity index (χ1v) is 5.26. The molecule has 18 heavy (non-hydrogen) atoms. The van der Waals surface area contributed by atoms with Crippen molar-refractivity contribution in [1.82, 2.24) is 9.78 Å². The van der Waals surface area contributed by atoms with E-state index in [9.17, 15) is 4.79 Å². The highest BCUT2D eigenvalue weighted by atomic mass is 35.5. The van der Waals surface area contributed by atoms with Crippen LogP contribution in [0.1, 0.15) is 19.3 Å². The quantitative estimate of drug-likeness (QED) is 0.856. The van der Waals surface area contributed by atoms with Crippen LogP contribution in [-0.4, -0.2) is 15.6 Å². The van der Waals surface area contributed by atoms with Crippen molar-refractivity contribution in [1.29, 1.82) is 5.26 Å². The molecule has 0 aliphatic rings. The van der Waals surface area contributed by atoms with Gasteiger partial charge in [0.15, 0.2) is 5.78 Å². The molecule has 1 aromatic heterocycles. The number of aromatic nitrogens is 2. The van der Waals surface area contributed by atoms with Gasteiger partial charge < -0.3 is 0 Å². The summed E-state index contributed by atoms with van der Waals surface area (Å²) in [5.41, 5.74) is 1.08. The molecule has 0 saturated heterocycles. The smallest absolute Gasteiger partial charge is 0.151 e. The van der Waals surface area contributed by atoms with Crippen LogP contribution in [0.2, 0.25) is 5.02 Å². The van der Waals surface area contributed by atoms with Crippen molar-refractivity contribution >= 4 is 17.4 Å². The van der Waals surface area contributed by atoms with Gasteiger partial charge >= 0.3 is 0 Å². The molecule has 0 radical (unpaired) electrons. The van der Waals surface area contributed by atoms with Crippen LogP contribution in [0.4, 0.5) is 0 Å². The summed E-state index contributed by atoms with van der Waals surface area (Å²) in [6.45, 7) is -5.88. The van der Waals surface area contributed by atoms with Gasteiger partial charge in [0.05, 0.1) is 25.5 Å². The Morgan fingerprint density at radius 2 is 2.50 bits per heavy atom. The average molecular weight is 265 g/mol. The number of nitriles is 1. The maximum atomic E-state index is 11.7. The van der Waals surface area contributed by atoms with Crippen LogP contribution in [0.15, 0.2) is 30.5 Å². The Morgan fingerprint density at radius 3 is 3.17 bits per heavy atom. The van der Waals surface area contributed by atoms with Crippen molar-refractivity contribution in [3.8, 4) is 17.3 Å². The van der Waals surface area contributed by atoms with Gasteiger partial charge in [-0.15, -0.1) is 0 Å². The fourth-order valence-corrected chi connectivity index (χ4v) is 1.63. The number of rotatable bonds is 3. The molecule has 2 aromatic rings. The normalized spacial score (nSPS) is 15.7. The van der Waals surface area contributed by atoms with Crippen LogP contribution in [0.25, 0.3) is 11.3 Å². The predicted molar refractivity (Wildman–Crippen MR) is 68.1 cm³/mol. The van der Waals surface area contributed by atoms with Crippen LogP contribution < -0.4 is 0 Å². The molecule has 0 spiro atoms. The van der Waals surface area contributed by atoms with Crippen LogP contribution in [0.5, 0.6) is 0 Å². The summed E-state index contributed by atoms with van der Waals surface area (Å²) >= 11 is 5.93. The minimum Gasteiger partial charge on any atom is -0.298 e. The average Bonchev–Trinajstić information content (AvgIpc) is 2.96. The molecule has 2 rings (SSSR count). The van der Waals surface area contributed by atoms with Crippen LogP contribution >= 0.6 is 11.6 Å². The minimum absolute atomic E-state index is 0.209. The number of carbonyl (C=O) groups is 1. The van der Waals surface area contributed by atoms with E-state index in [0.29, 0.717) is 15.9 Å². The SMILES string of the molecule is [2H]C([2H])([2H])C(=O)C([2H])([2H])n1ccc(-c2ccc(C#N)c(Cl)c2)n1. The number of nitrogens with zero attached hydrogens (tertiary/aromatic N) is 3. The van der Waals surface area contributed by atoms with E-state index in [1.807, 2.05) is 6.07 Å². The summed E-state index contributed by atoms with van der Waals surface area (Å²) in [4.78, 5) is 11.7. The predicted octanol–water partition coefficient (Wildman–Crippen LogP) is 2.66. The lowest BCUT2D eigenvalue weighted by Gasteiger charge is -2.00. The third-order valence-corrected chi connectivity index (χ3v) is 2.50. The largest absolute Gasteiger partial charge is 0.298 e. The van der Waals surface area contributed by atoms with E-state index in [1.54, 1.807) is 6.07 Å². The summed E-state index contributed by atoms with van der Waals surface area (Å²) < 4.78 is 37.2. The standard InChI is InChI=1S/C13H10ClN3O/c1-9(18)8-17-5-4-13(16-17)10-2-3-11(7-15)12(14)6-10/h2-6H,8H2,1H3/i1D3,8D2. The van der Waals surface area contributed by atoms with Gasteiger partial charge in [0.25, 0.3) is 0 Å². The molecule has 0 amide bonds. The van der Waals surface area contributed by atoms with Crippen LogP contribution in [0, 0.1) is 11.3 Å². The Balaban J connectivity index is 2.40. The van der Waals surface area contributed by atoms with Crippen molar-refractivity contribution in [3.05, 3.63) is 41.0 Å². The summed E-state index contributed by atoms with van der Waals surface area (Å²) in [5, 5.41) is 13.0. The summed E-state index contributed by atoms with van der Waals surface area (Å²) in [5.74, 6) is -1.56. The van der Waals surface area contributed by atoms with Gasteiger partial charge in [-0.25, -0.2) is 0 Å². The summed E-state index contributed by atoms with van der Waals surface area (Å²) in [7, 11) is 0. The number of carbonyl (C=O) groups excluding carboxylic acids is 1. The van der Waals surface area contributed by atoms with E-state index in [0.717, 1.165) is 0 Å². The second-order valence-electron chi connectivity index (χ2n) is 3.39. The molecule has 0 N–H and O–H groups in total. The fourth-order valence-electron chi connectivity index (χ4n) is 1.41. The third-order valence-electron chi connectivity index (χ3n) is 2.19. The zero-order valence-corrected chi connectivity index (χ0v) is 9.77. The first-order valence-electron chi connectivity index (χ1n) is 7.38. The molecule has 0 aliphatic heterocycles. The third kappa shape index (κ3) is 2.58. The monoisotopic (exact) mass is 264 g/mol. The van der Waals surface area contributed by atoms with Gasteiger partial charge in [-0.3, -0.25) is 9.48 Å². The molecule has 0 aliphatic carbocycles. The molecular weight excluding hydrogens is 250 g/mol. The van der Waals surface area contributed by atoms with Crippen molar-refractivity contribution in [2.45, 2.75) is 13.3 Å². The highest BCUT2D eigenvalue weighted by Gasteiger charge is 2.06. The highest BCUT2D eigenvalue weighted by Crippen LogP contribution is 2.23. The van der Waals surface area contributed by atoms with E-state index >= 15 is 0 Å². The van der Waals surface area contributed by atoms with Gasteiger partial charge in [-0.2, -0.15) is 10.4 Å². The van der Waals surface area contributed by atoms with Crippen molar-refractivity contribution in [3.63, 3.8) is 0 Å². The Morgan fingerprint density at radius 1 is 1.67 bits per heavy atom. The van der Waals surface area contributed by atoms with E-state index < -0.39 is 19.1 Å². The van der Waals surface area contributed by atoms with E-state index in [1.165, 1.54) is 24.4 Å². The Hall–Kier alpha value is -2.12. The zero-order chi connectivity index (χ0) is 17.4.